The topological polar surface area (TPSA) is 66.8 Å². The Balaban J connectivity index is 1.99. The third-order valence-electron chi connectivity index (χ3n) is 3.88. The molecule has 114 valence electrons. The first-order valence-corrected chi connectivity index (χ1v) is 7.09. The van der Waals surface area contributed by atoms with Gasteiger partial charge in [0.05, 0.1) is 0 Å². The quantitative estimate of drug-likeness (QED) is 0.930. The Kier molecular flexibility index (Phi) is 4.50. The highest BCUT2D eigenvalue weighted by Crippen LogP contribution is 2.34. The second-order valence-corrected chi connectivity index (χ2v) is 6.21. The Morgan fingerprint density at radius 2 is 2.00 bits per heavy atom. The van der Waals surface area contributed by atoms with E-state index in [0.29, 0.717) is 13.0 Å². The lowest BCUT2D eigenvalue weighted by atomic mass is 9.79. The van der Waals surface area contributed by atoms with Gasteiger partial charge in [-0.1, -0.05) is 44.2 Å². The molecule has 1 aliphatic rings. The van der Waals surface area contributed by atoms with Crippen molar-refractivity contribution in [2.75, 3.05) is 6.54 Å². The van der Waals surface area contributed by atoms with Crippen molar-refractivity contribution < 1.29 is 19.4 Å². The van der Waals surface area contributed by atoms with Gasteiger partial charge in [-0.3, -0.25) is 4.90 Å². The van der Waals surface area contributed by atoms with Gasteiger partial charge >= 0.3 is 12.1 Å². The number of piperidine rings is 1. The first kappa shape index (κ1) is 15.4. The number of likely N-dealkylation sites (tertiary alicyclic amines) is 1. The molecule has 1 aliphatic heterocycles. The van der Waals surface area contributed by atoms with Crippen LogP contribution in [-0.2, 0) is 16.1 Å². The van der Waals surface area contributed by atoms with Gasteiger partial charge < -0.3 is 9.84 Å². The summed E-state index contributed by atoms with van der Waals surface area (Å²) in [6, 6.07) is 8.54. The molecule has 1 unspecified atom stereocenters. The van der Waals surface area contributed by atoms with Crippen molar-refractivity contribution in [2.24, 2.45) is 5.41 Å². The van der Waals surface area contributed by atoms with Gasteiger partial charge in [-0.2, -0.15) is 0 Å². The van der Waals surface area contributed by atoms with Crippen molar-refractivity contribution in [2.45, 2.75) is 39.3 Å². The number of benzene rings is 1. The van der Waals surface area contributed by atoms with Crippen LogP contribution in [0.15, 0.2) is 30.3 Å². The number of carboxylic acids is 1. The molecule has 21 heavy (non-hydrogen) atoms. The molecule has 0 aliphatic carbocycles. The van der Waals surface area contributed by atoms with Crippen molar-refractivity contribution in [1.29, 1.82) is 0 Å². The van der Waals surface area contributed by atoms with Gasteiger partial charge in [-0.05, 0) is 23.8 Å². The van der Waals surface area contributed by atoms with E-state index in [2.05, 4.69) is 0 Å². The molecule has 0 spiro atoms. The Hall–Kier alpha value is -2.04. The molecule has 0 radical (unpaired) electrons. The monoisotopic (exact) mass is 291 g/mol. The summed E-state index contributed by atoms with van der Waals surface area (Å²) in [5, 5.41) is 9.33. The molecule has 0 bridgehead atoms. The highest BCUT2D eigenvalue weighted by atomic mass is 16.6. The molecule has 1 N–H and O–H groups in total. The molecular formula is C16H21NO4. The number of hydrogen-bond donors (Lipinski definition) is 1. The van der Waals surface area contributed by atoms with Crippen LogP contribution >= 0.6 is 0 Å². The standard InChI is InChI=1S/C16H21NO4/c1-16(2)8-9-17(13(10-16)14(18)19)15(20)21-11-12-6-4-3-5-7-12/h3-7,13H,8-11H2,1-2H3,(H,18,19). The Morgan fingerprint density at radius 3 is 2.62 bits per heavy atom. The van der Waals surface area contributed by atoms with Gasteiger partial charge in [0.25, 0.3) is 0 Å². The van der Waals surface area contributed by atoms with Crippen molar-refractivity contribution >= 4 is 12.1 Å². The lowest BCUT2D eigenvalue weighted by Crippen LogP contribution is -2.52. The Bertz CT molecular complexity index is 512. The maximum absolute atomic E-state index is 12.1. The van der Waals surface area contributed by atoms with Crippen LogP contribution in [0, 0.1) is 5.41 Å². The van der Waals surface area contributed by atoms with E-state index in [-0.39, 0.29) is 12.0 Å². The molecule has 1 saturated heterocycles. The van der Waals surface area contributed by atoms with Gasteiger partial charge in [0.2, 0.25) is 0 Å². The predicted molar refractivity (Wildman–Crippen MR) is 77.8 cm³/mol. The van der Waals surface area contributed by atoms with Gasteiger partial charge in [-0.25, -0.2) is 9.59 Å². The maximum Gasteiger partial charge on any atom is 0.410 e. The summed E-state index contributed by atoms with van der Waals surface area (Å²) < 4.78 is 5.24. The lowest BCUT2D eigenvalue weighted by molar-refractivity contribution is -0.145. The van der Waals surface area contributed by atoms with Crippen LogP contribution in [0.1, 0.15) is 32.3 Å². The zero-order chi connectivity index (χ0) is 15.5. The smallest absolute Gasteiger partial charge is 0.410 e. The molecule has 0 saturated carbocycles. The molecule has 2 rings (SSSR count). The minimum Gasteiger partial charge on any atom is -0.480 e. The van der Waals surface area contributed by atoms with Gasteiger partial charge in [0.15, 0.2) is 0 Å². The number of aliphatic carboxylic acids is 1. The zero-order valence-electron chi connectivity index (χ0n) is 12.4. The second kappa shape index (κ2) is 6.16. The van der Waals surface area contributed by atoms with Crippen LogP contribution < -0.4 is 0 Å². The lowest BCUT2D eigenvalue weighted by Gasteiger charge is -2.40. The Morgan fingerprint density at radius 1 is 1.33 bits per heavy atom. The summed E-state index contributed by atoms with van der Waals surface area (Å²) in [6.45, 7) is 4.62. The largest absolute Gasteiger partial charge is 0.480 e. The second-order valence-electron chi connectivity index (χ2n) is 6.21. The van der Waals surface area contributed by atoms with E-state index < -0.39 is 18.1 Å². The molecular weight excluding hydrogens is 270 g/mol. The highest BCUT2D eigenvalue weighted by Gasteiger charge is 2.40. The summed E-state index contributed by atoms with van der Waals surface area (Å²) in [6.07, 6.45) is 0.668. The number of hydrogen-bond acceptors (Lipinski definition) is 3. The summed E-state index contributed by atoms with van der Waals surface area (Å²) >= 11 is 0. The molecule has 1 amide bonds. The van der Waals surface area contributed by atoms with Crippen LogP contribution in [0.3, 0.4) is 0 Å². The van der Waals surface area contributed by atoms with E-state index in [1.165, 1.54) is 4.90 Å². The summed E-state index contributed by atoms with van der Waals surface area (Å²) in [5.41, 5.74) is 0.814. The van der Waals surface area contributed by atoms with E-state index in [0.717, 1.165) is 12.0 Å². The van der Waals surface area contributed by atoms with Crippen LogP contribution in [-0.4, -0.2) is 34.7 Å². The Labute approximate surface area is 124 Å². The van der Waals surface area contributed by atoms with Crippen LogP contribution in [0.2, 0.25) is 0 Å². The van der Waals surface area contributed by atoms with Crippen LogP contribution in [0.25, 0.3) is 0 Å². The van der Waals surface area contributed by atoms with Crippen LogP contribution in [0.4, 0.5) is 4.79 Å². The number of ether oxygens (including phenoxy) is 1. The average molecular weight is 291 g/mol. The van der Waals surface area contributed by atoms with Crippen molar-refractivity contribution in [3.05, 3.63) is 35.9 Å². The molecule has 5 heteroatoms. The van der Waals surface area contributed by atoms with Crippen molar-refractivity contribution in [3.63, 3.8) is 0 Å². The summed E-state index contributed by atoms with van der Waals surface area (Å²) in [7, 11) is 0. The highest BCUT2D eigenvalue weighted by molar-refractivity contribution is 5.80. The first-order chi connectivity index (χ1) is 9.89. The minimum atomic E-state index is -0.973. The number of carboxylic acid groups (broad SMARTS) is 1. The molecule has 1 heterocycles. The predicted octanol–water partition coefficient (Wildman–Crippen LogP) is 2.90. The van der Waals surface area contributed by atoms with Crippen LogP contribution in [0.5, 0.6) is 0 Å². The van der Waals surface area contributed by atoms with E-state index in [9.17, 15) is 14.7 Å². The fourth-order valence-corrected chi connectivity index (χ4v) is 2.56. The number of rotatable bonds is 3. The summed E-state index contributed by atoms with van der Waals surface area (Å²) in [5.74, 6) is -0.973. The summed E-state index contributed by atoms with van der Waals surface area (Å²) in [4.78, 5) is 24.8. The van der Waals surface area contributed by atoms with Gasteiger partial charge in [0, 0.05) is 6.54 Å². The molecule has 1 aromatic carbocycles. The fraction of sp³-hybridized carbons (Fsp3) is 0.500. The van der Waals surface area contributed by atoms with Crippen molar-refractivity contribution in [1.82, 2.24) is 4.90 Å². The number of amides is 1. The van der Waals surface area contributed by atoms with Crippen molar-refractivity contribution in [3.8, 4) is 0 Å². The molecule has 5 nitrogen and oxygen atoms in total. The van der Waals surface area contributed by atoms with Gasteiger partial charge in [-0.15, -0.1) is 0 Å². The van der Waals surface area contributed by atoms with E-state index >= 15 is 0 Å². The zero-order valence-corrected chi connectivity index (χ0v) is 12.4. The number of carbonyl (C=O) groups is 2. The number of nitrogens with zero attached hydrogens (tertiary/aromatic N) is 1. The van der Waals surface area contributed by atoms with E-state index in [1.54, 1.807) is 0 Å². The molecule has 1 atom stereocenters. The average Bonchev–Trinajstić information content (AvgIpc) is 2.45. The third-order valence-corrected chi connectivity index (χ3v) is 3.88. The molecule has 1 aromatic rings. The van der Waals surface area contributed by atoms with E-state index in [4.69, 9.17) is 4.74 Å². The normalized spacial score (nSPS) is 20.9. The third kappa shape index (κ3) is 3.97. The SMILES string of the molecule is CC1(C)CCN(C(=O)OCc2ccccc2)C(C(=O)O)C1. The van der Waals surface area contributed by atoms with Gasteiger partial charge in [0.1, 0.15) is 12.6 Å². The number of carbonyl (C=O) groups excluding carboxylic acids is 1. The van der Waals surface area contributed by atoms with E-state index in [1.807, 2.05) is 44.2 Å². The fourth-order valence-electron chi connectivity index (χ4n) is 2.56. The minimum absolute atomic E-state index is 0.0702. The first-order valence-electron chi connectivity index (χ1n) is 7.09. The molecule has 0 aromatic heterocycles. The molecule has 1 fully saturated rings. The maximum atomic E-state index is 12.1.